The molecule has 0 saturated carbocycles. The molecule has 0 saturated heterocycles. The van der Waals surface area contributed by atoms with Gasteiger partial charge in [-0.1, -0.05) is 84.0 Å². The number of halogens is 2. The quantitative estimate of drug-likeness (QED) is 0.225. The van der Waals surface area contributed by atoms with E-state index in [4.69, 9.17) is 0 Å². The van der Waals surface area contributed by atoms with E-state index < -0.39 is 0 Å². The molecule has 1 radical (unpaired) electrons. The Morgan fingerprint density at radius 3 is 1.81 bits per heavy atom. The molecule has 0 aromatic heterocycles. The Morgan fingerprint density at radius 1 is 0.812 bits per heavy atom. The van der Waals surface area contributed by atoms with E-state index in [1.807, 2.05) is 30.3 Å². The predicted molar refractivity (Wildman–Crippen MR) is 132 cm³/mol. The van der Waals surface area contributed by atoms with Gasteiger partial charge in [-0.3, -0.25) is 0 Å². The summed E-state index contributed by atoms with van der Waals surface area (Å²) in [5.74, 6) is 0. The van der Waals surface area contributed by atoms with Gasteiger partial charge < -0.3 is 24.8 Å². The van der Waals surface area contributed by atoms with Crippen molar-refractivity contribution in [3.8, 4) is 11.1 Å². The van der Waals surface area contributed by atoms with Gasteiger partial charge in [0.2, 0.25) is 0 Å². The number of hydrogen-bond acceptors (Lipinski definition) is 0. The molecule has 0 bridgehead atoms. The minimum Gasteiger partial charge on any atom is -1.00 e. The Bertz CT molecular complexity index is 887. The van der Waals surface area contributed by atoms with Crippen molar-refractivity contribution in [3.05, 3.63) is 89.0 Å². The molecule has 4 heteroatoms. The summed E-state index contributed by atoms with van der Waals surface area (Å²) in [5.41, 5.74) is 8.69. The van der Waals surface area contributed by atoms with Gasteiger partial charge >= 0.3 is 26.2 Å². The fraction of sp³-hybridized carbons (Fsp3) is 0.393. The van der Waals surface area contributed by atoms with Crippen LogP contribution in [0.5, 0.6) is 0 Å². The molecule has 0 atom stereocenters. The largest absolute Gasteiger partial charge is 4.00 e. The zero-order valence-electron chi connectivity index (χ0n) is 20.8. The van der Waals surface area contributed by atoms with Crippen LogP contribution in [0.2, 0.25) is 13.1 Å². The summed E-state index contributed by atoms with van der Waals surface area (Å²) < 4.78 is 0. The van der Waals surface area contributed by atoms with Crippen LogP contribution < -0.4 is 24.8 Å². The smallest absolute Gasteiger partial charge is 1.00 e. The average Bonchev–Trinajstić information content (AvgIpc) is 3.31. The molecule has 4 rings (SSSR count). The number of fused-ring (bicyclic) bond motifs is 3. The fourth-order valence-corrected chi connectivity index (χ4v) is 3.33. The second-order valence-corrected chi connectivity index (χ2v) is 11.0. The Balaban J connectivity index is 0. The Labute approximate surface area is 231 Å². The summed E-state index contributed by atoms with van der Waals surface area (Å²) in [7, 11) is 0.750. The molecule has 0 nitrogen and oxygen atoms in total. The third-order valence-electron chi connectivity index (χ3n) is 5.02. The van der Waals surface area contributed by atoms with Gasteiger partial charge in [0, 0.05) is 9.52 Å². The first-order valence-corrected chi connectivity index (χ1v) is 13.0. The molecule has 0 N–H and O–H groups in total. The van der Waals surface area contributed by atoms with Crippen LogP contribution in [-0.2, 0) is 43.5 Å². The van der Waals surface area contributed by atoms with E-state index in [2.05, 4.69) is 91.0 Å². The summed E-state index contributed by atoms with van der Waals surface area (Å²) in [4.78, 5) is 0. The summed E-state index contributed by atoms with van der Waals surface area (Å²) in [6.07, 6.45) is 1.03. The molecule has 171 valence electrons. The van der Waals surface area contributed by atoms with Gasteiger partial charge in [0.05, 0.1) is 0 Å². The zero-order valence-corrected chi connectivity index (χ0v) is 25.9. The average molecular weight is 564 g/mol. The SMILES string of the molecule is CC(C)(C)c1[c-]c2c(cc1)-c1cc(C(C)(C)C)ccc1C2.C[SiH]C.[Cl-].[Cl-].[Zr+4].c1cc[cH-]c1. The molecule has 0 amide bonds. The maximum Gasteiger partial charge on any atom is 4.00 e. The van der Waals surface area contributed by atoms with Crippen molar-refractivity contribution in [2.45, 2.75) is 71.9 Å². The van der Waals surface area contributed by atoms with E-state index in [9.17, 15) is 0 Å². The van der Waals surface area contributed by atoms with Gasteiger partial charge in [0.1, 0.15) is 0 Å². The van der Waals surface area contributed by atoms with Crippen molar-refractivity contribution in [2.24, 2.45) is 0 Å². The predicted octanol–water partition coefficient (Wildman–Crippen LogP) is 1.58. The summed E-state index contributed by atoms with van der Waals surface area (Å²) >= 11 is 0. The van der Waals surface area contributed by atoms with Crippen LogP contribution in [0.1, 0.15) is 63.8 Å². The minimum absolute atomic E-state index is 0. The second kappa shape index (κ2) is 14.7. The van der Waals surface area contributed by atoms with Crippen LogP contribution in [0.15, 0.2) is 60.7 Å². The van der Waals surface area contributed by atoms with Crippen molar-refractivity contribution >= 4 is 9.52 Å². The van der Waals surface area contributed by atoms with Gasteiger partial charge in [0.15, 0.2) is 0 Å². The van der Waals surface area contributed by atoms with Crippen molar-refractivity contribution in [2.75, 3.05) is 0 Å². The Morgan fingerprint density at radius 2 is 1.38 bits per heavy atom. The first kappa shape index (κ1) is 33.6. The van der Waals surface area contributed by atoms with Crippen molar-refractivity contribution in [3.63, 3.8) is 0 Å². The van der Waals surface area contributed by atoms with Gasteiger partial charge in [-0.05, 0) is 22.8 Å². The normalized spacial score (nSPS) is 11.0. The first-order chi connectivity index (χ1) is 13.6. The second-order valence-electron chi connectivity index (χ2n) is 9.85. The summed E-state index contributed by atoms with van der Waals surface area (Å²) in [6.45, 7) is 18.0. The van der Waals surface area contributed by atoms with E-state index in [1.54, 1.807) is 0 Å². The molecule has 0 spiro atoms. The molecule has 1 aliphatic rings. The van der Waals surface area contributed by atoms with Gasteiger partial charge in [-0.15, -0.1) is 11.1 Å². The molecular weight excluding hydrogens is 527 g/mol. The molecule has 3 aromatic carbocycles. The number of hydrogen-bond donors (Lipinski definition) is 0. The number of benzene rings is 2. The molecule has 0 fully saturated rings. The molecule has 32 heavy (non-hydrogen) atoms. The maximum absolute atomic E-state index is 3.67. The van der Waals surface area contributed by atoms with Gasteiger partial charge in [-0.2, -0.15) is 42.0 Å². The van der Waals surface area contributed by atoms with Crippen LogP contribution in [0, 0.1) is 6.07 Å². The molecule has 0 unspecified atom stereocenters. The topological polar surface area (TPSA) is 0 Å². The summed E-state index contributed by atoms with van der Waals surface area (Å²) in [5, 5.41) is 0. The Hall–Kier alpha value is -0.530. The Kier molecular flexibility index (Phi) is 15.4. The zero-order chi connectivity index (χ0) is 21.7. The van der Waals surface area contributed by atoms with E-state index >= 15 is 0 Å². The van der Waals surface area contributed by atoms with Crippen LogP contribution in [-0.4, -0.2) is 9.52 Å². The van der Waals surface area contributed by atoms with E-state index in [0.717, 1.165) is 15.9 Å². The summed E-state index contributed by atoms with van der Waals surface area (Å²) in [6, 6.07) is 25.2. The van der Waals surface area contributed by atoms with Crippen molar-refractivity contribution in [1.82, 2.24) is 0 Å². The van der Waals surface area contributed by atoms with Crippen LogP contribution in [0.3, 0.4) is 0 Å². The maximum atomic E-state index is 3.67. The van der Waals surface area contributed by atoms with E-state index in [0.29, 0.717) is 0 Å². The third kappa shape index (κ3) is 9.38. The van der Waals surface area contributed by atoms with Crippen LogP contribution in [0.4, 0.5) is 0 Å². The van der Waals surface area contributed by atoms with E-state index in [1.165, 1.54) is 33.4 Å². The van der Waals surface area contributed by atoms with Gasteiger partial charge in [-0.25, -0.2) is 12.1 Å². The van der Waals surface area contributed by atoms with Gasteiger partial charge in [0.25, 0.3) is 0 Å². The first-order valence-electron chi connectivity index (χ1n) is 10.7. The van der Waals surface area contributed by atoms with Crippen molar-refractivity contribution < 1.29 is 51.0 Å². The minimum atomic E-state index is 0. The van der Waals surface area contributed by atoms with E-state index in [-0.39, 0.29) is 61.8 Å². The van der Waals surface area contributed by atoms with Crippen LogP contribution in [0.25, 0.3) is 11.1 Å². The molecule has 0 heterocycles. The van der Waals surface area contributed by atoms with Crippen LogP contribution >= 0.6 is 0 Å². The monoisotopic (exact) mass is 561 g/mol. The molecule has 0 aliphatic heterocycles. The number of rotatable bonds is 0. The molecular formula is C28H37Cl2SiZr. The fourth-order valence-electron chi connectivity index (χ4n) is 3.33. The van der Waals surface area contributed by atoms with Crippen molar-refractivity contribution in [1.29, 1.82) is 0 Å². The molecule has 1 aliphatic carbocycles. The standard InChI is InChI=1S/C21H25.C5H5.C2H7Si.2ClH.Zr/c1-20(2,3)16-9-10-18-15(12-16)11-14-7-8-17(13-19(14)18)21(4,5)6;1-2-4-5-3-1;1-3-2;;;/h7-10,13H,11H2,1-6H3;1-5H;3H,1-2H3;2*1H;/q2*-1;;;;+4/p-2. The third-order valence-corrected chi connectivity index (χ3v) is 5.02. The molecule has 3 aromatic rings.